The molecule has 1 amide bonds. The minimum atomic E-state index is -0.164. The lowest BCUT2D eigenvalue weighted by atomic mass is 9.96. The number of aromatic nitrogens is 5. The van der Waals surface area contributed by atoms with E-state index in [2.05, 4.69) is 24.9 Å². The van der Waals surface area contributed by atoms with E-state index in [9.17, 15) is 4.79 Å². The summed E-state index contributed by atoms with van der Waals surface area (Å²) in [6, 6.07) is 0. The smallest absolute Gasteiger partial charge is 0.255 e. The molecule has 26 heavy (non-hydrogen) atoms. The van der Waals surface area contributed by atoms with Crippen molar-refractivity contribution in [2.45, 2.75) is 26.2 Å². The number of hydrogen-bond acceptors (Lipinski definition) is 8. The molecule has 0 aliphatic carbocycles. The summed E-state index contributed by atoms with van der Waals surface area (Å²) >= 11 is 5.82. The van der Waals surface area contributed by atoms with Gasteiger partial charge in [-0.2, -0.15) is 10.0 Å². The first-order valence-electron chi connectivity index (χ1n) is 8.51. The fourth-order valence-corrected chi connectivity index (χ4v) is 2.85. The summed E-state index contributed by atoms with van der Waals surface area (Å²) in [5.41, 5.74) is 0. The first kappa shape index (κ1) is 18.4. The summed E-state index contributed by atoms with van der Waals surface area (Å²) in [6.07, 6.45) is 8.12. The van der Waals surface area contributed by atoms with Crippen molar-refractivity contribution in [2.75, 3.05) is 29.7 Å². The highest BCUT2D eigenvalue weighted by atomic mass is 35.5. The van der Waals surface area contributed by atoms with E-state index in [1.165, 1.54) is 23.8 Å². The Bertz CT molecular complexity index is 726. The molecule has 0 unspecified atom stereocenters. The molecule has 0 spiro atoms. The van der Waals surface area contributed by atoms with Gasteiger partial charge < -0.3 is 4.90 Å². The van der Waals surface area contributed by atoms with E-state index in [4.69, 9.17) is 16.4 Å². The lowest BCUT2D eigenvalue weighted by Gasteiger charge is -2.33. The van der Waals surface area contributed by atoms with Crippen molar-refractivity contribution >= 4 is 29.3 Å². The van der Waals surface area contributed by atoms with Gasteiger partial charge >= 0.3 is 0 Å². The van der Waals surface area contributed by atoms with Gasteiger partial charge in [0, 0.05) is 31.4 Å². The average Bonchev–Trinajstić information content (AvgIpc) is 2.69. The molecular formula is C16H20ClN7O2. The highest BCUT2D eigenvalue weighted by Gasteiger charge is 2.31. The first-order valence-corrected chi connectivity index (χ1v) is 8.89. The number of anilines is 2. The summed E-state index contributed by atoms with van der Waals surface area (Å²) in [6.45, 7) is 3.72. The largest absolute Gasteiger partial charge is 0.341 e. The van der Waals surface area contributed by atoms with Gasteiger partial charge in [0.05, 0.1) is 12.8 Å². The number of rotatable bonds is 6. The zero-order valence-electron chi connectivity index (χ0n) is 14.5. The van der Waals surface area contributed by atoms with Crippen LogP contribution < -0.4 is 9.96 Å². The number of halogens is 1. The number of carbonyl (C=O) groups is 1. The Balaban J connectivity index is 1.65. The van der Waals surface area contributed by atoms with Gasteiger partial charge in [-0.1, -0.05) is 6.92 Å². The molecule has 0 atom stereocenters. The standard InChI is InChI=1S/C16H20ClN7O2/c1-2-9-26-24(13-10-18-5-6-19-13)14(25)12-3-7-23(8-4-12)16-21-11-20-15(17)22-16/h5-6,10-12H,2-4,7-9H2,1H3. The average molecular weight is 378 g/mol. The molecule has 1 fully saturated rings. The van der Waals surface area contributed by atoms with Crippen LogP contribution in [0.15, 0.2) is 24.9 Å². The second kappa shape index (κ2) is 8.81. The Morgan fingerprint density at radius 3 is 2.77 bits per heavy atom. The lowest BCUT2D eigenvalue weighted by Crippen LogP contribution is -2.43. The molecule has 2 aromatic rings. The van der Waals surface area contributed by atoms with Gasteiger partial charge in [0.1, 0.15) is 6.33 Å². The molecule has 3 rings (SSSR count). The number of nitrogens with zero attached hydrogens (tertiary/aromatic N) is 7. The van der Waals surface area contributed by atoms with Crippen LogP contribution in [0, 0.1) is 5.92 Å². The molecule has 0 radical (unpaired) electrons. The third kappa shape index (κ3) is 4.41. The molecule has 0 bridgehead atoms. The second-order valence-corrected chi connectivity index (χ2v) is 6.18. The Morgan fingerprint density at radius 2 is 2.12 bits per heavy atom. The normalized spacial score (nSPS) is 15.1. The van der Waals surface area contributed by atoms with Crippen molar-refractivity contribution in [2.24, 2.45) is 5.92 Å². The maximum absolute atomic E-state index is 13.0. The fourth-order valence-electron chi connectivity index (χ4n) is 2.73. The van der Waals surface area contributed by atoms with Gasteiger partial charge in [-0.05, 0) is 30.9 Å². The number of piperidine rings is 1. The summed E-state index contributed by atoms with van der Waals surface area (Å²) in [4.78, 5) is 40.8. The number of carbonyl (C=O) groups excluding carboxylic acids is 1. The molecular weight excluding hydrogens is 358 g/mol. The molecule has 0 aromatic carbocycles. The van der Waals surface area contributed by atoms with Gasteiger partial charge in [-0.3, -0.25) is 14.6 Å². The molecule has 0 saturated carbocycles. The van der Waals surface area contributed by atoms with Gasteiger partial charge in [-0.15, -0.1) is 0 Å². The lowest BCUT2D eigenvalue weighted by molar-refractivity contribution is -0.130. The van der Waals surface area contributed by atoms with Crippen molar-refractivity contribution in [1.29, 1.82) is 0 Å². The Morgan fingerprint density at radius 1 is 1.31 bits per heavy atom. The van der Waals surface area contributed by atoms with E-state index >= 15 is 0 Å². The minimum absolute atomic E-state index is 0.104. The number of hydroxylamine groups is 1. The van der Waals surface area contributed by atoms with Crippen LogP contribution in [-0.2, 0) is 9.63 Å². The van der Waals surface area contributed by atoms with Crippen LogP contribution in [0.1, 0.15) is 26.2 Å². The topological polar surface area (TPSA) is 97.2 Å². The van der Waals surface area contributed by atoms with E-state index in [0.717, 1.165) is 6.42 Å². The number of hydrogen-bond donors (Lipinski definition) is 0. The summed E-state index contributed by atoms with van der Waals surface area (Å²) in [7, 11) is 0. The zero-order chi connectivity index (χ0) is 18.4. The quantitative estimate of drug-likeness (QED) is 0.704. The van der Waals surface area contributed by atoms with Crippen LogP contribution in [0.3, 0.4) is 0 Å². The maximum Gasteiger partial charge on any atom is 0.255 e. The first-order chi connectivity index (χ1) is 12.7. The predicted molar refractivity (Wildman–Crippen MR) is 95.5 cm³/mol. The van der Waals surface area contributed by atoms with E-state index < -0.39 is 0 Å². The van der Waals surface area contributed by atoms with Gasteiger partial charge in [-0.25, -0.2) is 15.0 Å². The van der Waals surface area contributed by atoms with Crippen LogP contribution in [0.2, 0.25) is 5.28 Å². The van der Waals surface area contributed by atoms with Crippen LogP contribution in [0.5, 0.6) is 0 Å². The van der Waals surface area contributed by atoms with Crippen LogP contribution in [0.25, 0.3) is 0 Å². The van der Waals surface area contributed by atoms with E-state index in [1.807, 2.05) is 11.8 Å². The summed E-state index contributed by atoms with van der Waals surface area (Å²) in [5, 5.41) is 1.44. The Labute approximate surface area is 156 Å². The van der Waals surface area contributed by atoms with E-state index in [0.29, 0.717) is 44.3 Å². The van der Waals surface area contributed by atoms with E-state index in [-0.39, 0.29) is 17.1 Å². The van der Waals surface area contributed by atoms with Crippen molar-refractivity contribution < 1.29 is 9.63 Å². The molecule has 1 saturated heterocycles. The summed E-state index contributed by atoms with van der Waals surface area (Å²) < 4.78 is 0. The Kier molecular flexibility index (Phi) is 6.24. The highest BCUT2D eigenvalue weighted by Crippen LogP contribution is 2.24. The van der Waals surface area contributed by atoms with Gasteiger partial charge in [0.15, 0.2) is 5.82 Å². The molecule has 2 aromatic heterocycles. The minimum Gasteiger partial charge on any atom is -0.341 e. The molecule has 10 heteroatoms. The SMILES string of the molecule is CCCON(C(=O)C1CCN(c2ncnc(Cl)n2)CC1)c1cnccn1. The number of amides is 1. The van der Waals surface area contributed by atoms with Crippen molar-refractivity contribution in [3.05, 3.63) is 30.2 Å². The monoisotopic (exact) mass is 377 g/mol. The van der Waals surface area contributed by atoms with Crippen LogP contribution in [0.4, 0.5) is 11.8 Å². The maximum atomic E-state index is 13.0. The predicted octanol–water partition coefficient (Wildman–Crippen LogP) is 1.91. The molecule has 9 nitrogen and oxygen atoms in total. The van der Waals surface area contributed by atoms with Crippen molar-refractivity contribution in [3.8, 4) is 0 Å². The molecule has 3 heterocycles. The van der Waals surface area contributed by atoms with E-state index in [1.54, 1.807) is 6.20 Å². The third-order valence-electron chi connectivity index (χ3n) is 4.04. The molecule has 1 aliphatic rings. The summed E-state index contributed by atoms with van der Waals surface area (Å²) in [5.74, 6) is 0.663. The molecule has 138 valence electrons. The van der Waals surface area contributed by atoms with Gasteiger partial charge in [0.2, 0.25) is 11.2 Å². The van der Waals surface area contributed by atoms with Crippen LogP contribution in [-0.4, -0.2) is 50.5 Å². The molecule has 0 N–H and O–H groups in total. The van der Waals surface area contributed by atoms with Crippen molar-refractivity contribution in [1.82, 2.24) is 24.9 Å². The molecule has 1 aliphatic heterocycles. The van der Waals surface area contributed by atoms with Gasteiger partial charge in [0.25, 0.3) is 5.91 Å². The van der Waals surface area contributed by atoms with Crippen molar-refractivity contribution in [3.63, 3.8) is 0 Å². The fraction of sp³-hybridized carbons (Fsp3) is 0.500. The zero-order valence-corrected chi connectivity index (χ0v) is 15.2. The van der Waals surface area contributed by atoms with Crippen LogP contribution >= 0.6 is 11.6 Å². The Hall–Kier alpha value is -2.39. The highest BCUT2D eigenvalue weighted by molar-refractivity contribution is 6.28. The third-order valence-corrected chi connectivity index (χ3v) is 4.22. The second-order valence-electron chi connectivity index (χ2n) is 5.85.